The van der Waals surface area contributed by atoms with Gasteiger partial charge in [-0.05, 0) is 85.0 Å². The number of rotatable bonds is 4. The summed E-state index contributed by atoms with van der Waals surface area (Å²) in [6, 6.07) is 16.1. The summed E-state index contributed by atoms with van der Waals surface area (Å²) in [6.45, 7) is 0.742. The highest BCUT2D eigenvalue weighted by atomic mass is 35.5. The van der Waals surface area contributed by atoms with E-state index in [9.17, 15) is 4.79 Å². The SMILES string of the molecule is O=C(NCC12C[C@H]3C[C@@H](C1)CC(c1ccccc1)(C3)C2)c1ccc(Cl)cc1Cl. The Balaban J connectivity index is 1.37. The van der Waals surface area contributed by atoms with Gasteiger partial charge in [0.05, 0.1) is 10.6 Å². The van der Waals surface area contributed by atoms with Crippen molar-refractivity contribution in [3.05, 3.63) is 69.7 Å². The van der Waals surface area contributed by atoms with Crippen molar-refractivity contribution in [1.29, 1.82) is 0 Å². The van der Waals surface area contributed by atoms with E-state index in [4.69, 9.17) is 23.2 Å². The Hall–Kier alpha value is -1.51. The van der Waals surface area contributed by atoms with Crippen LogP contribution in [0, 0.1) is 17.3 Å². The first-order valence-electron chi connectivity index (χ1n) is 10.3. The van der Waals surface area contributed by atoms with Gasteiger partial charge in [0.2, 0.25) is 0 Å². The van der Waals surface area contributed by atoms with E-state index in [1.165, 1.54) is 44.1 Å². The summed E-state index contributed by atoms with van der Waals surface area (Å²) >= 11 is 12.2. The molecular formula is C24H25Cl2NO. The average Bonchev–Trinajstić information content (AvgIpc) is 2.66. The smallest absolute Gasteiger partial charge is 0.252 e. The van der Waals surface area contributed by atoms with Crippen LogP contribution in [0.25, 0.3) is 0 Å². The van der Waals surface area contributed by atoms with E-state index in [0.717, 1.165) is 18.4 Å². The molecule has 146 valence electrons. The molecule has 4 aliphatic rings. The summed E-state index contributed by atoms with van der Waals surface area (Å²) < 4.78 is 0. The van der Waals surface area contributed by atoms with Crippen molar-refractivity contribution < 1.29 is 4.79 Å². The van der Waals surface area contributed by atoms with Crippen LogP contribution in [0.2, 0.25) is 10.0 Å². The highest BCUT2D eigenvalue weighted by Gasteiger charge is 2.57. The molecule has 4 atom stereocenters. The molecule has 2 aromatic rings. The molecular weight excluding hydrogens is 389 g/mol. The zero-order valence-corrected chi connectivity index (χ0v) is 17.4. The summed E-state index contributed by atoms with van der Waals surface area (Å²) in [5.41, 5.74) is 2.52. The predicted octanol–water partition coefficient (Wildman–Crippen LogP) is 6.26. The summed E-state index contributed by atoms with van der Waals surface area (Å²) in [5.74, 6) is 1.49. The molecule has 1 N–H and O–H groups in total. The Morgan fingerprint density at radius 1 is 1.00 bits per heavy atom. The van der Waals surface area contributed by atoms with Gasteiger partial charge in [-0.2, -0.15) is 0 Å². The van der Waals surface area contributed by atoms with E-state index in [1.807, 2.05) is 0 Å². The average molecular weight is 414 g/mol. The maximum atomic E-state index is 12.8. The van der Waals surface area contributed by atoms with Crippen LogP contribution in [-0.4, -0.2) is 12.5 Å². The highest BCUT2D eigenvalue weighted by Crippen LogP contribution is 2.65. The molecule has 0 aliphatic heterocycles. The van der Waals surface area contributed by atoms with Gasteiger partial charge in [0.25, 0.3) is 5.91 Å². The maximum absolute atomic E-state index is 12.8. The van der Waals surface area contributed by atoms with Gasteiger partial charge in [0.1, 0.15) is 0 Å². The second-order valence-electron chi connectivity index (χ2n) is 9.41. The lowest BCUT2D eigenvalue weighted by Crippen LogP contribution is -2.57. The van der Waals surface area contributed by atoms with Crippen LogP contribution in [-0.2, 0) is 5.41 Å². The lowest BCUT2D eigenvalue weighted by atomic mass is 9.43. The van der Waals surface area contributed by atoms with E-state index in [2.05, 4.69) is 35.6 Å². The fourth-order valence-electron chi connectivity index (χ4n) is 6.83. The quantitative estimate of drug-likeness (QED) is 0.629. The molecule has 4 heteroatoms. The second kappa shape index (κ2) is 6.78. The minimum absolute atomic E-state index is 0.0915. The molecule has 0 heterocycles. The molecule has 0 aromatic heterocycles. The van der Waals surface area contributed by atoms with E-state index >= 15 is 0 Å². The molecule has 0 saturated heterocycles. The molecule has 4 aliphatic carbocycles. The van der Waals surface area contributed by atoms with Crippen LogP contribution in [0.5, 0.6) is 0 Å². The van der Waals surface area contributed by atoms with Crippen LogP contribution in [0.3, 0.4) is 0 Å². The number of amides is 1. The zero-order chi connectivity index (χ0) is 19.4. The van der Waals surface area contributed by atoms with Gasteiger partial charge in [-0.1, -0.05) is 53.5 Å². The number of nitrogens with one attached hydrogen (secondary N) is 1. The Kier molecular flexibility index (Phi) is 4.48. The molecule has 2 nitrogen and oxygen atoms in total. The van der Waals surface area contributed by atoms with Gasteiger partial charge >= 0.3 is 0 Å². The van der Waals surface area contributed by atoms with Crippen molar-refractivity contribution in [2.24, 2.45) is 17.3 Å². The van der Waals surface area contributed by atoms with E-state index in [-0.39, 0.29) is 11.3 Å². The van der Waals surface area contributed by atoms with Crippen LogP contribution >= 0.6 is 23.2 Å². The zero-order valence-electron chi connectivity index (χ0n) is 15.9. The summed E-state index contributed by atoms with van der Waals surface area (Å²) in [6.07, 6.45) is 7.66. The van der Waals surface area contributed by atoms with Crippen molar-refractivity contribution in [2.75, 3.05) is 6.54 Å². The molecule has 6 rings (SSSR count). The van der Waals surface area contributed by atoms with Crippen molar-refractivity contribution in [3.8, 4) is 0 Å². The Morgan fingerprint density at radius 3 is 2.39 bits per heavy atom. The lowest BCUT2D eigenvalue weighted by molar-refractivity contribution is -0.0697. The Morgan fingerprint density at radius 2 is 1.71 bits per heavy atom. The van der Waals surface area contributed by atoms with Crippen molar-refractivity contribution in [1.82, 2.24) is 5.32 Å². The first-order valence-corrected chi connectivity index (χ1v) is 11.0. The maximum Gasteiger partial charge on any atom is 0.252 e. The Labute approximate surface area is 176 Å². The number of halogens is 2. The summed E-state index contributed by atoms with van der Waals surface area (Å²) in [7, 11) is 0. The van der Waals surface area contributed by atoms with Gasteiger partial charge in [-0.15, -0.1) is 0 Å². The molecule has 28 heavy (non-hydrogen) atoms. The highest BCUT2D eigenvalue weighted by molar-refractivity contribution is 6.36. The van der Waals surface area contributed by atoms with Crippen LogP contribution < -0.4 is 5.32 Å². The molecule has 4 bridgehead atoms. The topological polar surface area (TPSA) is 29.1 Å². The minimum Gasteiger partial charge on any atom is -0.351 e. The van der Waals surface area contributed by atoms with Crippen LogP contribution in [0.15, 0.2) is 48.5 Å². The first kappa shape index (κ1) is 18.5. The molecule has 2 unspecified atom stereocenters. The molecule has 0 radical (unpaired) electrons. The van der Waals surface area contributed by atoms with Crippen molar-refractivity contribution in [2.45, 2.75) is 43.9 Å². The van der Waals surface area contributed by atoms with E-state index in [1.54, 1.807) is 18.2 Å². The molecule has 0 spiro atoms. The third-order valence-electron chi connectivity index (χ3n) is 7.37. The normalized spacial score (nSPS) is 33.1. The van der Waals surface area contributed by atoms with Crippen molar-refractivity contribution in [3.63, 3.8) is 0 Å². The number of hydrogen-bond donors (Lipinski definition) is 1. The monoisotopic (exact) mass is 413 g/mol. The van der Waals surface area contributed by atoms with Gasteiger partial charge in [-0.25, -0.2) is 0 Å². The van der Waals surface area contributed by atoms with Gasteiger partial charge in [0, 0.05) is 11.6 Å². The number of carbonyl (C=O) groups is 1. The summed E-state index contributed by atoms with van der Waals surface area (Å²) in [5, 5.41) is 4.18. The third kappa shape index (κ3) is 3.15. The summed E-state index contributed by atoms with van der Waals surface area (Å²) in [4.78, 5) is 12.8. The Bertz CT molecular complexity index is 896. The second-order valence-corrected chi connectivity index (χ2v) is 10.3. The first-order chi connectivity index (χ1) is 13.5. The van der Waals surface area contributed by atoms with E-state index < -0.39 is 0 Å². The predicted molar refractivity (Wildman–Crippen MR) is 114 cm³/mol. The van der Waals surface area contributed by atoms with Crippen LogP contribution in [0.4, 0.5) is 0 Å². The fraction of sp³-hybridized carbons (Fsp3) is 0.458. The minimum atomic E-state index is -0.0915. The molecule has 4 saturated carbocycles. The fourth-order valence-corrected chi connectivity index (χ4v) is 7.32. The van der Waals surface area contributed by atoms with Gasteiger partial charge in [-0.3, -0.25) is 4.79 Å². The van der Waals surface area contributed by atoms with Gasteiger partial charge in [0.15, 0.2) is 0 Å². The molecule has 4 fully saturated rings. The lowest BCUT2D eigenvalue weighted by Gasteiger charge is -2.62. The largest absolute Gasteiger partial charge is 0.351 e. The van der Waals surface area contributed by atoms with Crippen molar-refractivity contribution >= 4 is 29.1 Å². The van der Waals surface area contributed by atoms with Gasteiger partial charge < -0.3 is 5.32 Å². The molecule has 1 amide bonds. The van der Waals surface area contributed by atoms with Crippen LogP contribution in [0.1, 0.15) is 54.4 Å². The number of hydrogen-bond acceptors (Lipinski definition) is 1. The number of benzene rings is 2. The third-order valence-corrected chi connectivity index (χ3v) is 7.92. The number of carbonyl (C=O) groups excluding carboxylic acids is 1. The molecule has 2 aromatic carbocycles. The van der Waals surface area contributed by atoms with E-state index in [0.29, 0.717) is 21.0 Å². The standard InChI is InChI=1S/C24H25Cl2NO/c25-19-6-7-20(21(26)9-19)22(28)27-15-23-10-16-8-17(11-23)13-24(12-16,14-23)18-4-2-1-3-5-18/h1-7,9,16-17H,8,10-15H2,(H,27,28)/t16-,17+,23?,24?.